The third kappa shape index (κ3) is 2.29. The average Bonchev–Trinajstić information content (AvgIpc) is 2.64. The molecule has 1 aromatic carbocycles. The molecule has 1 aliphatic rings. The number of rotatable bonds is 4. The summed E-state index contributed by atoms with van der Waals surface area (Å²) >= 11 is 0. The number of hydrogen-bond acceptors (Lipinski definition) is 3. The number of benzene rings is 1. The van der Waals surface area contributed by atoms with Gasteiger partial charge >= 0.3 is 5.97 Å². The van der Waals surface area contributed by atoms with Gasteiger partial charge in [-0.05, 0) is 23.6 Å². The summed E-state index contributed by atoms with van der Waals surface area (Å²) in [6, 6.07) is 5.11. The van der Waals surface area contributed by atoms with Crippen LogP contribution in [-0.2, 0) is 16.0 Å². The molecule has 0 saturated heterocycles. The number of amides is 1. The van der Waals surface area contributed by atoms with E-state index in [2.05, 4.69) is 5.32 Å². The minimum absolute atomic E-state index is 0.0776. The molecule has 5 nitrogen and oxygen atoms in total. The summed E-state index contributed by atoms with van der Waals surface area (Å²) in [5, 5.41) is 20.6. The second kappa shape index (κ2) is 4.55. The number of carbonyl (C=O) groups is 2. The molecule has 0 aliphatic carbocycles. The fourth-order valence-electron chi connectivity index (χ4n) is 2.03. The summed E-state index contributed by atoms with van der Waals surface area (Å²) in [6.07, 6.45) is 0.462. The molecule has 3 N–H and O–H groups in total. The van der Waals surface area contributed by atoms with Gasteiger partial charge in [-0.15, -0.1) is 0 Å². The lowest BCUT2D eigenvalue weighted by molar-refractivity contribution is -0.139. The maximum atomic E-state index is 11.2. The summed E-state index contributed by atoms with van der Waals surface area (Å²) in [6.45, 7) is -0.175. The second-order valence-corrected chi connectivity index (χ2v) is 4.04. The molecule has 1 aromatic rings. The van der Waals surface area contributed by atoms with Crippen molar-refractivity contribution in [2.24, 2.45) is 0 Å². The Balaban J connectivity index is 2.30. The van der Waals surface area contributed by atoms with Crippen LogP contribution in [0, 0.1) is 0 Å². The van der Waals surface area contributed by atoms with Crippen LogP contribution in [0.15, 0.2) is 18.2 Å². The first-order valence-corrected chi connectivity index (χ1v) is 5.38. The molecular formula is C12H13NO4. The summed E-state index contributed by atoms with van der Waals surface area (Å²) in [5.74, 6) is -1.76. The summed E-state index contributed by atoms with van der Waals surface area (Å²) in [5.41, 5.74) is 2.19. The van der Waals surface area contributed by atoms with Gasteiger partial charge in [-0.3, -0.25) is 9.59 Å². The van der Waals surface area contributed by atoms with Gasteiger partial charge in [0.2, 0.25) is 5.91 Å². The van der Waals surface area contributed by atoms with Crippen LogP contribution in [0.25, 0.3) is 0 Å². The van der Waals surface area contributed by atoms with Crippen molar-refractivity contribution >= 4 is 17.6 Å². The Labute approximate surface area is 98.1 Å². The highest BCUT2D eigenvalue weighted by Gasteiger charge is 2.23. The van der Waals surface area contributed by atoms with E-state index < -0.39 is 11.9 Å². The van der Waals surface area contributed by atoms with Crippen molar-refractivity contribution in [2.45, 2.75) is 18.8 Å². The predicted molar refractivity (Wildman–Crippen MR) is 60.9 cm³/mol. The maximum absolute atomic E-state index is 11.2. The zero-order valence-electron chi connectivity index (χ0n) is 9.14. The fourth-order valence-corrected chi connectivity index (χ4v) is 2.03. The van der Waals surface area contributed by atoms with Crippen LogP contribution in [-0.4, -0.2) is 28.7 Å². The molecule has 5 heteroatoms. The molecule has 1 aliphatic heterocycles. The minimum atomic E-state index is -0.962. The van der Waals surface area contributed by atoms with Gasteiger partial charge in [-0.25, -0.2) is 0 Å². The van der Waals surface area contributed by atoms with E-state index in [1.165, 1.54) is 0 Å². The molecule has 0 aromatic heterocycles. The Bertz CT molecular complexity index is 470. The molecule has 1 amide bonds. The largest absolute Gasteiger partial charge is 0.481 e. The van der Waals surface area contributed by atoms with Crippen molar-refractivity contribution in [1.29, 1.82) is 0 Å². The number of aliphatic carboxylic acids is 1. The monoisotopic (exact) mass is 235 g/mol. The Hall–Kier alpha value is -1.88. The highest BCUT2D eigenvalue weighted by atomic mass is 16.4. The van der Waals surface area contributed by atoms with Gasteiger partial charge in [0.1, 0.15) is 0 Å². The third-order valence-electron chi connectivity index (χ3n) is 2.87. The van der Waals surface area contributed by atoms with Crippen LogP contribution >= 0.6 is 0 Å². The highest BCUT2D eigenvalue weighted by molar-refractivity contribution is 5.99. The SMILES string of the molecule is O=C1Cc2cc(C(CCO)C(=O)O)ccc2N1. The molecule has 1 heterocycles. The second-order valence-electron chi connectivity index (χ2n) is 4.04. The van der Waals surface area contributed by atoms with E-state index in [0.29, 0.717) is 5.56 Å². The Morgan fingerprint density at radius 3 is 2.88 bits per heavy atom. The van der Waals surface area contributed by atoms with Crippen LogP contribution in [0.2, 0.25) is 0 Å². The van der Waals surface area contributed by atoms with E-state index in [4.69, 9.17) is 10.2 Å². The lowest BCUT2D eigenvalue weighted by Crippen LogP contribution is -2.13. The van der Waals surface area contributed by atoms with Gasteiger partial charge in [-0.1, -0.05) is 12.1 Å². The number of aliphatic hydroxyl groups is 1. The number of anilines is 1. The standard InChI is InChI=1S/C12H13NO4/c14-4-3-9(12(16)17)7-1-2-10-8(5-7)6-11(15)13-10/h1-2,5,9,14H,3-4,6H2,(H,13,15)(H,16,17). The first-order valence-electron chi connectivity index (χ1n) is 5.38. The minimum Gasteiger partial charge on any atom is -0.481 e. The van der Waals surface area contributed by atoms with Gasteiger partial charge in [-0.2, -0.15) is 0 Å². The van der Waals surface area contributed by atoms with Crippen LogP contribution in [0.3, 0.4) is 0 Å². The summed E-state index contributed by atoms with van der Waals surface area (Å²) in [4.78, 5) is 22.2. The van der Waals surface area contributed by atoms with Crippen LogP contribution < -0.4 is 5.32 Å². The first kappa shape index (κ1) is 11.6. The van der Waals surface area contributed by atoms with Crippen molar-refractivity contribution in [1.82, 2.24) is 0 Å². The Morgan fingerprint density at radius 1 is 1.47 bits per heavy atom. The number of fused-ring (bicyclic) bond motifs is 1. The molecule has 0 spiro atoms. The molecule has 0 fully saturated rings. The van der Waals surface area contributed by atoms with E-state index in [9.17, 15) is 9.59 Å². The van der Waals surface area contributed by atoms with E-state index in [1.807, 2.05) is 0 Å². The van der Waals surface area contributed by atoms with Crippen LogP contribution in [0.1, 0.15) is 23.5 Å². The van der Waals surface area contributed by atoms with Gasteiger partial charge in [0, 0.05) is 12.3 Å². The van der Waals surface area contributed by atoms with Gasteiger partial charge in [0.25, 0.3) is 0 Å². The van der Waals surface area contributed by atoms with Crippen molar-refractivity contribution in [3.63, 3.8) is 0 Å². The molecule has 0 saturated carbocycles. The van der Waals surface area contributed by atoms with Crippen molar-refractivity contribution in [3.8, 4) is 0 Å². The number of aliphatic hydroxyl groups excluding tert-OH is 1. The van der Waals surface area contributed by atoms with Gasteiger partial charge < -0.3 is 15.5 Å². The van der Waals surface area contributed by atoms with E-state index >= 15 is 0 Å². The predicted octanol–water partition coefficient (Wildman–Crippen LogP) is 0.732. The topological polar surface area (TPSA) is 86.6 Å². The summed E-state index contributed by atoms with van der Waals surface area (Å²) in [7, 11) is 0. The first-order chi connectivity index (χ1) is 8.11. The van der Waals surface area contributed by atoms with E-state index in [0.717, 1.165) is 11.3 Å². The lowest BCUT2D eigenvalue weighted by atomic mass is 9.94. The number of carboxylic acid groups (broad SMARTS) is 1. The zero-order valence-corrected chi connectivity index (χ0v) is 9.14. The fraction of sp³-hybridized carbons (Fsp3) is 0.333. The third-order valence-corrected chi connectivity index (χ3v) is 2.87. The quantitative estimate of drug-likeness (QED) is 0.718. The van der Waals surface area contributed by atoms with Gasteiger partial charge in [0.15, 0.2) is 0 Å². The van der Waals surface area contributed by atoms with Gasteiger partial charge in [0.05, 0.1) is 12.3 Å². The number of nitrogens with one attached hydrogen (secondary N) is 1. The smallest absolute Gasteiger partial charge is 0.311 e. The van der Waals surface area contributed by atoms with E-state index in [1.54, 1.807) is 18.2 Å². The number of carboxylic acids is 1. The molecule has 17 heavy (non-hydrogen) atoms. The maximum Gasteiger partial charge on any atom is 0.311 e. The Morgan fingerprint density at radius 2 is 2.24 bits per heavy atom. The van der Waals surface area contributed by atoms with Crippen molar-refractivity contribution in [2.75, 3.05) is 11.9 Å². The van der Waals surface area contributed by atoms with Crippen LogP contribution in [0.5, 0.6) is 0 Å². The molecule has 0 bridgehead atoms. The molecule has 90 valence electrons. The van der Waals surface area contributed by atoms with Crippen molar-refractivity contribution in [3.05, 3.63) is 29.3 Å². The zero-order chi connectivity index (χ0) is 12.4. The highest BCUT2D eigenvalue weighted by Crippen LogP contribution is 2.28. The molecule has 2 rings (SSSR count). The Kier molecular flexibility index (Phi) is 3.10. The van der Waals surface area contributed by atoms with E-state index in [-0.39, 0.29) is 25.4 Å². The normalized spacial score (nSPS) is 15.2. The molecule has 1 atom stereocenters. The molecule has 0 radical (unpaired) electrons. The lowest BCUT2D eigenvalue weighted by Gasteiger charge is -2.12. The average molecular weight is 235 g/mol. The molecular weight excluding hydrogens is 222 g/mol. The van der Waals surface area contributed by atoms with Crippen molar-refractivity contribution < 1.29 is 19.8 Å². The number of hydrogen-bond donors (Lipinski definition) is 3. The number of carbonyl (C=O) groups excluding carboxylic acids is 1. The summed E-state index contributed by atoms with van der Waals surface area (Å²) < 4.78 is 0. The molecule has 1 unspecified atom stereocenters. The van der Waals surface area contributed by atoms with Crippen LogP contribution in [0.4, 0.5) is 5.69 Å².